The molecule has 0 saturated heterocycles. The highest BCUT2D eigenvalue weighted by Crippen LogP contribution is 2.20. The summed E-state index contributed by atoms with van der Waals surface area (Å²) in [4.78, 5) is 23.2. The third-order valence-electron chi connectivity index (χ3n) is 3.70. The van der Waals surface area contributed by atoms with Crippen molar-refractivity contribution in [2.24, 2.45) is 0 Å². The normalized spacial score (nSPS) is 11.7. The molecule has 4 nitrogen and oxygen atoms in total. The second kappa shape index (κ2) is 9.08. The van der Waals surface area contributed by atoms with Gasteiger partial charge in [-0.05, 0) is 36.1 Å². The summed E-state index contributed by atoms with van der Waals surface area (Å²) in [6.45, 7) is 0. The molecular weight excluding hydrogens is 326 g/mol. The fraction of sp³-hybridized carbons (Fsp3) is 0.263. The van der Waals surface area contributed by atoms with E-state index in [1.807, 2.05) is 30.3 Å². The number of hydrogen-bond acceptors (Lipinski definition) is 2. The third-order valence-corrected chi connectivity index (χ3v) is 3.95. The SMILES string of the molecule is O=C(O)C[C@H](NC(=O)CCCc1ccccc1)c1ccc(Cl)cc1. The second-order valence-corrected chi connectivity index (χ2v) is 6.05. The summed E-state index contributed by atoms with van der Waals surface area (Å²) in [6.07, 6.45) is 1.74. The van der Waals surface area contributed by atoms with Gasteiger partial charge in [-0.1, -0.05) is 54.1 Å². The van der Waals surface area contributed by atoms with Crippen molar-refractivity contribution in [1.29, 1.82) is 0 Å². The Morgan fingerprint density at radius 3 is 2.33 bits per heavy atom. The van der Waals surface area contributed by atoms with E-state index in [0.29, 0.717) is 11.4 Å². The van der Waals surface area contributed by atoms with E-state index >= 15 is 0 Å². The first-order chi connectivity index (χ1) is 11.5. The number of carboxylic acids is 1. The molecule has 0 spiro atoms. The lowest BCUT2D eigenvalue weighted by molar-refractivity contribution is -0.137. The average Bonchev–Trinajstić information content (AvgIpc) is 2.55. The van der Waals surface area contributed by atoms with Gasteiger partial charge in [0.25, 0.3) is 0 Å². The molecule has 0 fully saturated rings. The maximum atomic E-state index is 12.1. The monoisotopic (exact) mass is 345 g/mol. The van der Waals surface area contributed by atoms with E-state index in [-0.39, 0.29) is 12.3 Å². The Bertz CT molecular complexity index is 671. The number of aliphatic carboxylic acids is 1. The summed E-state index contributed by atoms with van der Waals surface area (Å²) >= 11 is 5.85. The van der Waals surface area contributed by atoms with E-state index in [4.69, 9.17) is 16.7 Å². The van der Waals surface area contributed by atoms with Gasteiger partial charge in [0.2, 0.25) is 5.91 Å². The zero-order valence-corrected chi connectivity index (χ0v) is 14.0. The van der Waals surface area contributed by atoms with Crippen LogP contribution in [-0.2, 0) is 16.0 Å². The van der Waals surface area contributed by atoms with Crippen molar-refractivity contribution in [3.05, 3.63) is 70.7 Å². The number of hydrogen-bond donors (Lipinski definition) is 2. The molecule has 1 atom stereocenters. The van der Waals surface area contributed by atoms with Crippen molar-refractivity contribution >= 4 is 23.5 Å². The highest BCUT2D eigenvalue weighted by molar-refractivity contribution is 6.30. The smallest absolute Gasteiger partial charge is 0.305 e. The average molecular weight is 346 g/mol. The zero-order valence-electron chi connectivity index (χ0n) is 13.2. The first-order valence-electron chi connectivity index (χ1n) is 7.85. The molecule has 0 aliphatic heterocycles. The predicted molar refractivity (Wildman–Crippen MR) is 94.0 cm³/mol. The van der Waals surface area contributed by atoms with Gasteiger partial charge in [0.1, 0.15) is 0 Å². The highest BCUT2D eigenvalue weighted by atomic mass is 35.5. The van der Waals surface area contributed by atoms with Gasteiger partial charge in [-0.3, -0.25) is 9.59 Å². The predicted octanol–water partition coefficient (Wildman–Crippen LogP) is 3.99. The van der Waals surface area contributed by atoms with Crippen molar-refractivity contribution in [2.45, 2.75) is 31.7 Å². The number of amides is 1. The molecule has 0 aliphatic rings. The Morgan fingerprint density at radius 2 is 1.71 bits per heavy atom. The first kappa shape index (κ1) is 18.0. The fourth-order valence-electron chi connectivity index (χ4n) is 2.49. The Labute approximate surface area is 146 Å². The summed E-state index contributed by atoms with van der Waals surface area (Å²) in [6, 6.07) is 16.2. The van der Waals surface area contributed by atoms with Crippen LogP contribution in [0.25, 0.3) is 0 Å². The van der Waals surface area contributed by atoms with Gasteiger partial charge in [0.15, 0.2) is 0 Å². The van der Waals surface area contributed by atoms with E-state index in [0.717, 1.165) is 18.4 Å². The zero-order chi connectivity index (χ0) is 17.4. The van der Waals surface area contributed by atoms with Crippen LogP contribution in [0.2, 0.25) is 5.02 Å². The minimum absolute atomic E-state index is 0.146. The van der Waals surface area contributed by atoms with E-state index in [2.05, 4.69) is 5.32 Å². The topological polar surface area (TPSA) is 66.4 Å². The molecule has 2 aromatic carbocycles. The van der Waals surface area contributed by atoms with Crippen LogP contribution in [-0.4, -0.2) is 17.0 Å². The van der Waals surface area contributed by atoms with Crippen LogP contribution in [0.3, 0.4) is 0 Å². The lowest BCUT2D eigenvalue weighted by Crippen LogP contribution is -2.30. The Hall–Kier alpha value is -2.33. The summed E-state index contributed by atoms with van der Waals surface area (Å²) < 4.78 is 0. The number of carbonyl (C=O) groups is 2. The van der Waals surface area contributed by atoms with Crippen molar-refractivity contribution < 1.29 is 14.7 Å². The van der Waals surface area contributed by atoms with Crippen LogP contribution >= 0.6 is 11.6 Å². The number of nitrogens with one attached hydrogen (secondary N) is 1. The molecule has 1 amide bonds. The molecule has 2 rings (SSSR count). The van der Waals surface area contributed by atoms with Gasteiger partial charge in [-0.15, -0.1) is 0 Å². The third kappa shape index (κ3) is 6.05. The first-order valence-corrected chi connectivity index (χ1v) is 8.23. The van der Waals surface area contributed by atoms with Crippen LogP contribution in [0.1, 0.15) is 36.4 Å². The molecule has 2 aromatic rings. The number of carbonyl (C=O) groups excluding carboxylic acids is 1. The molecule has 0 heterocycles. The molecule has 126 valence electrons. The van der Waals surface area contributed by atoms with Gasteiger partial charge in [0.05, 0.1) is 12.5 Å². The standard InChI is InChI=1S/C19H20ClNO3/c20-16-11-9-15(10-12-16)17(13-19(23)24)21-18(22)8-4-7-14-5-2-1-3-6-14/h1-3,5-6,9-12,17H,4,7-8,13H2,(H,21,22)(H,23,24)/t17-/m0/s1. The summed E-state index contributed by atoms with van der Waals surface area (Å²) in [5.74, 6) is -1.10. The van der Waals surface area contributed by atoms with Gasteiger partial charge in [-0.25, -0.2) is 0 Å². The molecule has 0 radical (unpaired) electrons. The van der Waals surface area contributed by atoms with E-state index < -0.39 is 12.0 Å². The molecule has 5 heteroatoms. The summed E-state index contributed by atoms with van der Waals surface area (Å²) in [5, 5.41) is 12.4. The van der Waals surface area contributed by atoms with Crippen molar-refractivity contribution in [1.82, 2.24) is 5.32 Å². The molecule has 0 aliphatic carbocycles. The van der Waals surface area contributed by atoms with Gasteiger partial charge < -0.3 is 10.4 Å². The molecule has 24 heavy (non-hydrogen) atoms. The number of benzene rings is 2. The quantitative estimate of drug-likeness (QED) is 0.760. The van der Waals surface area contributed by atoms with E-state index in [1.54, 1.807) is 24.3 Å². The van der Waals surface area contributed by atoms with Crippen LogP contribution < -0.4 is 5.32 Å². The maximum Gasteiger partial charge on any atom is 0.305 e. The number of aryl methyl sites for hydroxylation is 1. The molecule has 0 bridgehead atoms. The largest absolute Gasteiger partial charge is 0.481 e. The lowest BCUT2D eigenvalue weighted by atomic mass is 10.0. The minimum Gasteiger partial charge on any atom is -0.481 e. The van der Waals surface area contributed by atoms with Crippen LogP contribution in [0, 0.1) is 0 Å². The minimum atomic E-state index is -0.959. The van der Waals surface area contributed by atoms with Crippen LogP contribution in [0.5, 0.6) is 0 Å². The van der Waals surface area contributed by atoms with Crippen molar-refractivity contribution in [2.75, 3.05) is 0 Å². The Balaban J connectivity index is 1.89. The highest BCUT2D eigenvalue weighted by Gasteiger charge is 2.17. The van der Waals surface area contributed by atoms with Crippen molar-refractivity contribution in [3.63, 3.8) is 0 Å². The Kier molecular flexibility index (Phi) is 6.82. The molecule has 0 saturated carbocycles. The van der Waals surface area contributed by atoms with Crippen LogP contribution in [0.4, 0.5) is 0 Å². The molecule has 0 aromatic heterocycles. The van der Waals surface area contributed by atoms with Crippen molar-refractivity contribution in [3.8, 4) is 0 Å². The lowest BCUT2D eigenvalue weighted by Gasteiger charge is -2.17. The van der Waals surface area contributed by atoms with E-state index in [9.17, 15) is 9.59 Å². The van der Waals surface area contributed by atoms with Gasteiger partial charge >= 0.3 is 5.97 Å². The van der Waals surface area contributed by atoms with Gasteiger partial charge in [-0.2, -0.15) is 0 Å². The number of carboxylic acid groups (broad SMARTS) is 1. The Morgan fingerprint density at radius 1 is 1.04 bits per heavy atom. The number of halogens is 1. The maximum absolute atomic E-state index is 12.1. The fourth-order valence-corrected chi connectivity index (χ4v) is 2.61. The van der Waals surface area contributed by atoms with Gasteiger partial charge in [0, 0.05) is 11.4 Å². The van der Waals surface area contributed by atoms with Crippen LogP contribution in [0.15, 0.2) is 54.6 Å². The molecule has 0 unspecified atom stereocenters. The molecule has 2 N–H and O–H groups in total. The van der Waals surface area contributed by atoms with E-state index in [1.165, 1.54) is 5.56 Å². The number of rotatable bonds is 8. The summed E-state index contributed by atoms with van der Waals surface area (Å²) in [5.41, 5.74) is 1.92. The molecular formula is C19H20ClNO3. The summed E-state index contributed by atoms with van der Waals surface area (Å²) in [7, 11) is 0. The second-order valence-electron chi connectivity index (χ2n) is 5.61.